The highest BCUT2D eigenvalue weighted by Crippen LogP contribution is 2.51. The number of anilines is 1. The standard InChI is InChI=1S/C33H47FN6O4S/c1-8-25-27(20(4)38-40(25)18-43-15-16-45(5,6)7)23-13-14-26(35-31(23)34)36-33(42)30(28(21-9-10-21)22-11-12-22)37-32(41)24-17-44-39-29(24)19(2)3/h13-14,17,19,21-22,28,30H,8-12,15-16,18H2,1-7H3,(H,37,41)(H,35,36,42). The summed E-state index contributed by atoms with van der Waals surface area (Å²) >= 11 is 0. The van der Waals surface area contributed by atoms with Gasteiger partial charge in [0.05, 0.1) is 18.0 Å². The van der Waals surface area contributed by atoms with Crippen LogP contribution in [0.3, 0.4) is 0 Å². The van der Waals surface area contributed by atoms with Crippen molar-refractivity contribution in [3.05, 3.63) is 47.0 Å². The van der Waals surface area contributed by atoms with Gasteiger partial charge in [-0.15, -0.1) is 0 Å². The van der Waals surface area contributed by atoms with Crippen LogP contribution in [0.2, 0.25) is 0 Å². The van der Waals surface area contributed by atoms with Crippen LogP contribution in [0.5, 0.6) is 0 Å². The Balaban J connectivity index is 1.34. The molecule has 2 aliphatic rings. The van der Waals surface area contributed by atoms with Gasteiger partial charge < -0.3 is 19.9 Å². The molecule has 2 amide bonds. The van der Waals surface area contributed by atoms with Crippen molar-refractivity contribution in [2.24, 2.45) is 17.8 Å². The fraction of sp³-hybridized carbons (Fsp3) is 0.606. The van der Waals surface area contributed by atoms with Crippen LogP contribution in [-0.4, -0.2) is 68.9 Å². The molecule has 5 rings (SSSR count). The van der Waals surface area contributed by atoms with Crippen LogP contribution in [0.1, 0.15) is 79.8 Å². The number of nitrogens with zero attached hydrogens (tertiary/aromatic N) is 4. The average Bonchev–Trinajstić information content (AvgIpc) is 3.90. The van der Waals surface area contributed by atoms with Gasteiger partial charge >= 0.3 is 0 Å². The molecule has 45 heavy (non-hydrogen) atoms. The molecular weight excluding hydrogens is 595 g/mol. The number of carbonyl (C=O) groups excluding carboxylic acids is 2. The van der Waals surface area contributed by atoms with Crippen LogP contribution in [0.15, 0.2) is 22.9 Å². The van der Waals surface area contributed by atoms with Crippen LogP contribution in [0, 0.1) is 30.6 Å². The van der Waals surface area contributed by atoms with E-state index in [4.69, 9.17) is 9.26 Å². The summed E-state index contributed by atoms with van der Waals surface area (Å²) in [5, 5.41) is 14.4. The molecule has 1 unspecified atom stereocenters. The summed E-state index contributed by atoms with van der Waals surface area (Å²) in [7, 11) is -0.662. The molecule has 2 N–H and O–H groups in total. The predicted octanol–water partition coefficient (Wildman–Crippen LogP) is 5.91. The molecule has 0 radical (unpaired) electrons. The highest BCUT2D eigenvalue weighted by Gasteiger charge is 2.48. The van der Waals surface area contributed by atoms with E-state index in [1.807, 2.05) is 27.7 Å². The van der Waals surface area contributed by atoms with Crippen LogP contribution in [0.4, 0.5) is 10.2 Å². The molecule has 2 aliphatic carbocycles. The number of halogens is 1. The van der Waals surface area contributed by atoms with E-state index in [2.05, 4.69) is 44.6 Å². The SMILES string of the molecule is CCc1c(-c2ccc(NC(=O)C(NC(=O)c3conc3C(C)C)C(C3CC3)C3CC3)nc2F)c(C)nn1COCCS(C)(C)C. The third kappa shape index (κ3) is 7.95. The second kappa shape index (κ2) is 13.6. The molecule has 0 bridgehead atoms. The summed E-state index contributed by atoms with van der Waals surface area (Å²) in [5.41, 5.74) is 3.42. The van der Waals surface area contributed by atoms with Crippen molar-refractivity contribution in [3.63, 3.8) is 0 Å². The maximum absolute atomic E-state index is 15.7. The van der Waals surface area contributed by atoms with Gasteiger partial charge in [0.25, 0.3) is 5.91 Å². The van der Waals surface area contributed by atoms with Crippen LogP contribution >= 0.6 is 10.0 Å². The summed E-state index contributed by atoms with van der Waals surface area (Å²) in [6.07, 6.45) is 12.8. The highest BCUT2D eigenvalue weighted by molar-refractivity contribution is 8.32. The summed E-state index contributed by atoms with van der Waals surface area (Å²) in [5.74, 6) is 0.329. The Hall–Kier alpha value is -3.25. The zero-order valence-electron chi connectivity index (χ0n) is 27.5. The number of hydrogen-bond acceptors (Lipinski definition) is 7. The Morgan fingerprint density at radius 1 is 1.16 bits per heavy atom. The number of aromatic nitrogens is 4. The first-order chi connectivity index (χ1) is 21.4. The Kier molecular flexibility index (Phi) is 10.0. The number of pyridine rings is 1. The van der Waals surface area contributed by atoms with Gasteiger partial charge in [-0.25, -0.2) is 19.7 Å². The van der Waals surface area contributed by atoms with Gasteiger partial charge in [0.15, 0.2) is 0 Å². The van der Waals surface area contributed by atoms with Crippen molar-refractivity contribution in [1.82, 2.24) is 25.2 Å². The molecule has 0 saturated heterocycles. The molecule has 3 heterocycles. The van der Waals surface area contributed by atoms with E-state index in [1.54, 1.807) is 16.8 Å². The minimum Gasteiger partial charge on any atom is -0.364 e. The van der Waals surface area contributed by atoms with E-state index in [9.17, 15) is 9.59 Å². The first-order valence-electron chi connectivity index (χ1n) is 15.9. The lowest BCUT2D eigenvalue weighted by atomic mass is 9.88. The molecule has 246 valence electrons. The van der Waals surface area contributed by atoms with E-state index in [0.717, 1.165) is 37.1 Å². The molecule has 10 nitrogen and oxygen atoms in total. The summed E-state index contributed by atoms with van der Waals surface area (Å²) in [6.45, 7) is 8.65. The second-order valence-electron chi connectivity index (χ2n) is 13.6. The normalized spacial score (nSPS) is 16.3. The quantitative estimate of drug-likeness (QED) is 0.156. The average molecular weight is 643 g/mol. The molecule has 0 aliphatic heterocycles. The second-order valence-corrected chi connectivity index (χ2v) is 18.2. The molecule has 0 aromatic carbocycles. The molecular formula is C33H47FN6O4S. The first-order valence-corrected chi connectivity index (χ1v) is 18.9. The van der Waals surface area contributed by atoms with Crippen LogP contribution < -0.4 is 10.6 Å². The van der Waals surface area contributed by atoms with Crippen LogP contribution in [0.25, 0.3) is 11.1 Å². The van der Waals surface area contributed by atoms with Gasteiger partial charge in [-0.05, 0) is 93.6 Å². The minimum absolute atomic E-state index is 0.00746. The lowest BCUT2D eigenvalue weighted by molar-refractivity contribution is -0.119. The number of aryl methyl sites for hydroxylation is 1. The number of nitrogens with one attached hydrogen (secondary N) is 2. The Labute approximate surface area is 266 Å². The van der Waals surface area contributed by atoms with E-state index < -0.39 is 33.8 Å². The Morgan fingerprint density at radius 2 is 1.84 bits per heavy atom. The third-order valence-electron chi connectivity index (χ3n) is 8.67. The smallest absolute Gasteiger partial charge is 0.257 e. The number of amides is 2. The Morgan fingerprint density at radius 3 is 2.42 bits per heavy atom. The van der Waals surface area contributed by atoms with Crippen molar-refractivity contribution in [2.45, 2.75) is 78.5 Å². The van der Waals surface area contributed by atoms with Gasteiger partial charge in [-0.1, -0.05) is 25.9 Å². The van der Waals surface area contributed by atoms with E-state index in [1.165, 1.54) is 6.26 Å². The van der Waals surface area contributed by atoms with Gasteiger partial charge in [0, 0.05) is 22.6 Å². The highest BCUT2D eigenvalue weighted by atomic mass is 32.3. The molecule has 0 spiro atoms. The first kappa shape index (κ1) is 33.1. The maximum atomic E-state index is 15.7. The van der Waals surface area contributed by atoms with Crippen molar-refractivity contribution in [2.75, 3.05) is 36.4 Å². The van der Waals surface area contributed by atoms with Crippen molar-refractivity contribution in [3.8, 4) is 11.1 Å². The molecule has 12 heteroatoms. The van der Waals surface area contributed by atoms with Crippen molar-refractivity contribution >= 4 is 27.7 Å². The topological polar surface area (TPSA) is 124 Å². The molecule has 2 saturated carbocycles. The molecule has 3 aromatic heterocycles. The number of rotatable bonds is 15. The zero-order chi connectivity index (χ0) is 32.5. The number of ether oxygens (including phenoxy) is 1. The fourth-order valence-corrected chi connectivity index (χ4v) is 6.70. The van der Waals surface area contributed by atoms with Crippen LogP contribution in [-0.2, 0) is 22.7 Å². The van der Waals surface area contributed by atoms with Crippen molar-refractivity contribution < 1.29 is 23.2 Å². The summed E-state index contributed by atoms with van der Waals surface area (Å²) in [4.78, 5) is 31.3. The molecule has 3 aromatic rings. The van der Waals surface area contributed by atoms with E-state index >= 15 is 4.39 Å². The third-order valence-corrected chi connectivity index (χ3v) is 10.1. The van der Waals surface area contributed by atoms with E-state index in [0.29, 0.717) is 59.7 Å². The Bertz CT molecular complexity index is 1510. The van der Waals surface area contributed by atoms with Gasteiger partial charge in [-0.3, -0.25) is 9.59 Å². The largest absolute Gasteiger partial charge is 0.364 e. The summed E-state index contributed by atoms with van der Waals surface area (Å²) in [6, 6.07) is 2.45. The van der Waals surface area contributed by atoms with Crippen molar-refractivity contribution in [1.29, 1.82) is 0 Å². The maximum Gasteiger partial charge on any atom is 0.257 e. The number of hydrogen-bond donors (Lipinski definition) is 2. The predicted molar refractivity (Wildman–Crippen MR) is 175 cm³/mol. The molecule has 2 fully saturated rings. The minimum atomic E-state index is -0.788. The zero-order valence-corrected chi connectivity index (χ0v) is 28.3. The fourth-order valence-electron chi connectivity index (χ4n) is 6.08. The number of carbonyl (C=O) groups is 2. The van der Waals surface area contributed by atoms with Gasteiger partial charge in [0.1, 0.15) is 30.4 Å². The van der Waals surface area contributed by atoms with Gasteiger partial charge in [0.2, 0.25) is 11.9 Å². The lowest BCUT2D eigenvalue weighted by Crippen LogP contribution is -2.50. The monoisotopic (exact) mass is 642 g/mol. The lowest BCUT2D eigenvalue weighted by Gasteiger charge is -2.27. The van der Waals surface area contributed by atoms with E-state index in [-0.39, 0.29) is 17.7 Å². The summed E-state index contributed by atoms with van der Waals surface area (Å²) < 4.78 is 28.5. The molecule has 1 atom stereocenters. The van der Waals surface area contributed by atoms with Gasteiger partial charge in [-0.2, -0.15) is 9.49 Å².